The van der Waals surface area contributed by atoms with Gasteiger partial charge in [0.05, 0.1) is 25.4 Å². The van der Waals surface area contributed by atoms with Crippen molar-refractivity contribution in [3.05, 3.63) is 110 Å². The number of para-hydroxylation sites is 2. The van der Waals surface area contributed by atoms with E-state index in [2.05, 4.69) is 45.8 Å². The fraction of sp³-hybridized carbons (Fsp3) is 0.429. The third kappa shape index (κ3) is 15.0. The van der Waals surface area contributed by atoms with E-state index in [1.54, 1.807) is 57.2 Å². The van der Waals surface area contributed by atoms with Crippen molar-refractivity contribution in [3.63, 3.8) is 0 Å². The van der Waals surface area contributed by atoms with E-state index >= 15 is 0 Å². The van der Waals surface area contributed by atoms with E-state index in [1.165, 1.54) is 60.3 Å². The average Bonchev–Trinajstić information content (AvgIpc) is 3.76. The molecule has 0 aliphatic carbocycles. The van der Waals surface area contributed by atoms with Gasteiger partial charge in [-0.2, -0.15) is 10.2 Å². The first-order valence-corrected chi connectivity index (χ1v) is 26.3. The number of nitrogens with zero attached hydrogens (tertiary/aromatic N) is 2. The summed E-state index contributed by atoms with van der Waals surface area (Å²) in [5, 5.41) is 53.7. The van der Waals surface area contributed by atoms with Crippen molar-refractivity contribution in [2.24, 2.45) is 0 Å². The van der Waals surface area contributed by atoms with Gasteiger partial charge in [-0.05, 0) is 65.3 Å². The standard InChI is InChI=1S/C25H32N3O9P.C24H30N3O9P/c1-6-16(3)35-23(31)17(4)27-38(33,37-19-11-9-8-10-12-19)34-15-20-22(30)25(32,7-2)24(36-20)28-14-13-21(29)26-18(28)5;1-6-24(31)21(29)19(35-23(24)27-13-12-20(28)25-17(27)5)14-33-37(32,36-18-10-8-7-9-11-18)26-16(4)22(30)34-15(2)3/h2,8-14,16-17,20,22,24,30,32H,5-6,15H2,1,3-4H3,(H,26,29)(H,27,33);1,7-13,15-16,19,21,23,29,31H,5,14H2,2-4H3,(H,25,28)(H,26,32)/t16-,17-,20+,22+,24+,25+,38?;16-,19+,21+,23+,24+,37?/m00/s1. The highest BCUT2D eigenvalue weighted by Crippen LogP contribution is 2.48. The molecule has 4 aliphatic rings. The third-order valence-corrected chi connectivity index (χ3v) is 14.6. The Hall–Kier alpha value is -6.34. The summed E-state index contributed by atoms with van der Waals surface area (Å²) in [4.78, 5) is 50.4. The van der Waals surface area contributed by atoms with E-state index in [1.807, 2.05) is 6.92 Å². The number of carbonyl (C=O) groups is 4. The van der Waals surface area contributed by atoms with Gasteiger partial charge in [0.2, 0.25) is 0 Å². The van der Waals surface area contributed by atoms with Gasteiger partial charge in [-0.3, -0.25) is 28.2 Å². The molecule has 0 bridgehead atoms. The molecule has 0 saturated carbocycles. The van der Waals surface area contributed by atoms with Crippen LogP contribution in [0.1, 0.15) is 48.0 Å². The summed E-state index contributed by atoms with van der Waals surface area (Å²) in [6.45, 7) is 16.0. The smallest absolute Gasteiger partial charge is 0.459 e. The van der Waals surface area contributed by atoms with Crippen molar-refractivity contribution in [2.75, 3.05) is 13.2 Å². The quantitative estimate of drug-likeness (QED) is 0.0505. The lowest BCUT2D eigenvalue weighted by Crippen LogP contribution is -2.54. The molecule has 4 heterocycles. The summed E-state index contributed by atoms with van der Waals surface area (Å²) in [6.07, 6.45) is 7.06. The van der Waals surface area contributed by atoms with Crippen LogP contribution in [0, 0.1) is 24.7 Å². The zero-order valence-electron chi connectivity index (χ0n) is 41.8. The van der Waals surface area contributed by atoms with E-state index in [9.17, 15) is 48.7 Å². The fourth-order valence-electron chi connectivity index (χ4n) is 7.15. The summed E-state index contributed by atoms with van der Waals surface area (Å²) in [5.41, 5.74) is -4.51. The van der Waals surface area contributed by atoms with Crippen molar-refractivity contribution in [2.45, 2.75) is 120 Å². The van der Waals surface area contributed by atoms with Crippen LogP contribution in [0.5, 0.6) is 11.5 Å². The predicted octanol–water partition coefficient (Wildman–Crippen LogP) is 2.36. The average molecular weight is 1090 g/mol. The normalized spacial score (nSPS) is 28.0. The van der Waals surface area contributed by atoms with E-state index in [4.69, 9.17) is 49.9 Å². The molecule has 24 nitrogen and oxygen atoms in total. The minimum atomic E-state index is -4.28. The highest BCUT2D eigenvalue weighted by Gasteiger charge is 2.59. The number of aliphatic hydroxyl groups excluding tert-OH is 2. The number of hydrogen-bond donors (Lipinski definition) is 8. The van der Waals surface area contributed by atoms with Crippen molar-refractivity contribution >= 4 is 39.2 Å². The minimum Gasteiger partial charge on any atom is -0.462 e. The molecule has 0 spiro atoms. The van der Waals surface area contributed by atoms with Crippen molar-refractivity contribution in [1.29, 1.82) is 0 Å². The van der Waals surface area contributed by atoms with Gasteiger partial charge in [0.1, 0.15) is 59.6 Å². The third-order valence-electron chi connectivity index (χ3n) is 11.3. The molecule has 75 heavy (non-hydrogen) atoms. The molecule has 13 atom stereocenters. The lowest BCUT2D eigenvalue weighted by atomic mass is 9.94. The Bertz CT molecular complexity index is 2650. The number of carbonyl (C=O) groups excluding carboxylic acids is 4. The molecule has 406 valence electrons. The molecule has 0 aromatic heterocycles. The van der Waals surface area contributed by atoms with Crippen LogP contribution in [0.15, 0.2) is 110 Å². The Morgan fingerprint density at radius 1 is 0.720 bits per heavy atom. The zero-order chi connectivity index (χ0) is 55.5. The summed E-state index contributed by atoms with van der Waals surface area (Å²) < 4.78 is 71.7. The maximum absolute atomic E-state index is 13.7. The number of ether oxygens (including phenoxy) is 4. The van der Waals surface area contributed by atoms with Gasteiger partial charge in [-0.25, -0.2) is 9.13 Å². The van der Waals surface area contributed by atoms with Gasteiger partial charge in [-0.1, -0.05) is 68.3 Å². The number of nitrogens with one attached hydrogen (secondary N) is 4. The Morgan fingerprint density at radius 2 is 1.09 bits per heavy atom. The van der Waals surface area contributed by atoms with E-state index in [0.29, 0.717) is 6.42 Å². The molecule has 2 saturated heterocycles. The maximum Gasteiger partial charge on any atom is 0.459 e. The van der Waals surface area contributed by atoms with Crippen LogP contribution in [-0.2, 0) is 56.3 Å². The van der Waals surface area contributed by atoms with Gasteiger partial charge in [0.25, 0.3) is 11.8 Å². The second-order valence-electron chi connectivity index (χ2n) is 17.4. The molecular formula is C49H62N6O18P2. The van der Waals surface area contributed by atoms with Crippen molar-refractivity contribution < 1.29 is 85.8 Å². The van der Waals surface area contributed by atoms with Gasteiger partial charge in [-0.15, -0.1) is 12.8 Å². The van der Waals surface area contributed by atoms with E-state index in [-0.39, 0.29) is 29.2 Å². The van der Waals surface area contributed by atoms with Crippen LogP contribution < -0.4 is 29.9 Å². The Kier molecular flexibility index (Phi) is 20.2. The molecule has 2 unspecified atom stereocenters. The summed E-state index contributed by atoms with van der Waals surface area (Å²) in [6, 6.07) is 14.0. The maximum atomic E-state index is 13.7. The largest absolute Gasteiger partial charge is 0.462 e. The number of benzene rings is 2. The number of amides is 2. The molecule has 0 radical (unpaired) electrons. The Balaban J connectivity index is 0.000000277. The summed E-state index contributed by atoms with van der Waals surface area (Å²) in [7, 11) is -8.56. The molecule has 2 fully saturated rings. The number of esters is 2. The minimum absolute atomic E-state index is 0.0529. The second kappa shape index (κ2) is 25.5. The zero-order valence-corrected chi connectivity index (χ0v) is 43.6. The highest BCUT2D eigenvalue weighted by atomic mass is 31.2. The monoisotopic (exact) mass is 1080 g/mol. The number of rotatable bonds is 21. The number of aliphatic hydroxyl groups is 4. The first kappa shape index (κ1) is 59.5. The van der Waals surface area contributed by atoms with Crippen LogP contribution in [0.2, 0.25) is 0 Å². The van der Waals surface area contributed by atoms with Crippen LogP contribution in [0.3, 0.4) is 0 Å². The first-order valence-electron chi connectivity index (χ1n) is 23.3. The molecular weight excluding hydrogens is 1020 g/mol. The molecule has 2 aromatic carbocycles. The Morgan fingerprint density at radius 3 is 1.43 bits per heavy atom. The molecule has 26 heteroatoms. The second-order valence-corrected chi connectivity index (χ2v) is 20.8. The van der Waals surface area contributed by atoms with Crippen LogP contribution in [-0.4, -0.2) is 140 Å². The number of terminal acetylenes is 2. The Labute approximate surface area is 434 Å². The molecule has 4 aliphatic heterocycles. The SMILES string of the molecule is C#C[C@@]1(O)[C@H](O)[C@@H](COP(=O)(N[C@@H](C)C(=O)OC(C)C)Oc2ccccc2)O[C@H]1N1C=CC(=O)NC1=C.C#C[C@@]1(O)[C@H](O)[C@@H](COP(=O)(N[C@@H](C)C(=O)O[C@@H](C)CC)Oc2ccccc2)O[C@H]1N1C=CC(=O)NC1=C. The van der Waals surface area contributed by atoms with E-state index in [0.717, 1.165) is 12.2 Å². The van der Waals surface area contributed by atoms with Gasteiger partial charge < -0.3 is 68.9 Å². The predicted molar refractivity (Wildman–Crippen MR) is 267 cm³/mol. The van der Waals surface area contributed by atoms with Gasteiger partial charge in [0.15, 0.2) is 23.7 Å². The van der Waals surface area contributed by atoms with Crippen LogP contribution >= 0.6 is 15.5 Å². The van der Waals surface area contributed by atoms with Gasteiger partial charge in [0, 0.05) is 24.6 Å². The fourth-order valence-corrected chi connectivity index (χ4v) is 10.2. The van der Waals surface area contributed by atoms with Gasteiger partial charge >= 0.3 is 27.4 Å². The summed E-state index contributed by atoms with van der Waals surface area (Å²) in [5.74, 6) is 2.47. The lowest BCUT2D eigenvalue weighted by Gasteiger charge is -2.36. The molecule has 2 amide bonds. The molecule has 2 aromatic rings. The number of hydrogen-bond acceptors (Lipinski definition) is 20. The topological polar surface area (TPSA) is 312 Å². The lowest BCUT2D eigenvalue weighted by molar-refractivity contribution is -0.150. The highest BCUT2D eigenvalue weighted by molar-refractivity contribution is 7.52. The molecule has 8 N–H and O–H groups in total. The van der Waals surface area contributed by atoms with Crippen molar-refractivity contribution in [1.82, 2.24) is 30.6 Å². The van der Waals surface area contributed by atoms with Crippen LogP contribution in [0.25, 0.3) is 0 Å². The molecule has 6 rings (SSSR count). The van der Waals surface area contributed by atoms with Crippen molar-refractivity contribution in [3.8, 4) is 36.2 Å². The summed E-state index contributed by atoms with van der Waals surface area (Å²) >= 11 is 0. The first-order chi connectivity index (χ1) is 35.3. The van der Waals surface area contributed by atoms with Crippen LogP contribution in [0.4, 0.5) is 0 Å². The van der Waals surface area contributed by atoms with E-state index < -0.39 is 119 Å².